The number of imide groups is 1. The van der Waals surface area contributed by atoms with Gasteiger partial charge in [0.25, 0.3) is 5.91 Å². The van der Waals surface area contributed by atoms with Gasteiger partial charge in [-0.15, -0.1) is 0 Å². The van der Waals surface area contributed by atoms with Crippen molar-refractivity contribution in [1.29, 1.82) is 0 Å². The lowest BCUT2D eigenvalue weighted by molar-refractivity contribution is -0.135. The summed E-state index contributed by atoms with van der Waals surface area (Å²) in [4.78, 5) is 35.5. The highest BCUT2D eigenvalue weighted by atomic mass is 16.3. The highest BCUT2D eigenvalue weighted by Crippen LogP contribution is 2.36. The maximum atomic E-state index is 13.3. The molecule has 2 aromatic rings. The Morgan fingerprint density at radius 3 is 2.33 bits per heavy atom. The second-order valence-corrected chi connectivity index (χ2v) is 8.23. The number of aromatic hydroxyl groups is 1. The van der Waals surface area contributed by atoms with Crippen LogP contribution >= 0.6 is 0 Å². The Labute approximate surface area is 176 Å². The fourth-order valence-electron chi connectivity index (χ4n) is 4.52. The zero-order valence-corrected chi connectivity index (χ0v) is 17.3. The molecular formula is C23H28N4O3. The Hall–Kier alpha value is -2.93. The van der Waals surface area contributed by atoms with Gasteiger partial charge in [0.05, 0.1) is 0 Å². The van der Waals surface area contributed by atoms with Gasteiger partial charge in [-0.3, -0.25) is 19.6 Å². The molecule has 3 heterocycles. The van der Waals surface area contributed by atoms with Gasteiger partial charge in [-0.25, -0.2) is 4.79 Å². The normalized spacial score (nSPS) is 19.1. The van der Waals surface area contributed by atoms with Crippen molar-refractivity contribution in [2.45, 2.75) is 37.8 Å². The maximum Gasteiger partial charge on any atom is 0.327 e. The number of nitrogens with zero attached hydrogens (tertiary/aromatic N) is 4. The minimum atomic E-state index is -0.709. The van der Waals surface area contributed by atoms with Crippen LogP contribution in [0.3, 0.4) is 0 Å². The van der Waals surface area contributed by atoms with Crippen molar-refractivity contribution < 1.29 is 14.7 Å². The van der Waals surface area contributed by atoms with E-state index in [2.05, 4.69) is 9.88 Å². The van der Waals surface area contributed by atoms with E-state index in [0.29, 0.717) is 19.4 Å². The van der Waals surface area contributed by atoms with Crippen LogP contribution in [0.5, 0.6) is 5.75 Å². The molecule has 0 bridgehead atoms. The number of piperidine rings is 1. The van der Waals surface area contributed by atoms with Crippen molar-refractivity contribution in [3.8, 4) is 5.75 Å². The first-order valence-corrected chi connectivity index (χ1v) is 10.5. The molecule has 158 valence electrons. The van der Waals surface area contributed by atoms with E-state index in [4.69, 9.17) is 0 Å². The van der Waals surface area contributed by atoms with Crippen molar-refractivity contribution in [2.75, 3.05) is 26.7 Å². The average molecular weight is 409 g/mol. The van der Waals surface area contributed by atoms with Crippen molar-refractivity contribution in [1.82, 2.24) is 19.7 Å². The van der Waals surface area contributed by atoms with Gasteiger partial charge in [-0.2, -0.15) is 0 Å². The summed E-state index contributed by atoms with van der Waals surface area (Å²) >= 11 is 0. The van der Waals surface area contributed by atoms with Crippen LogP contribution in [0, 0.1) is 0 Å². The number of benzene rings is 1. The largest absolute Gasteiger partial charge is 0.508 e. The van der Waals surface area contributed by atoms with E-state index in [1.165, 1.54) is 4.90 Å². The molecule has 2 fully saturated rings. The molecule has 2 aliphatic rings. The minimum Gasteiger partial charge on any atom is -0.508 e. The Morgan fingerprint density at radius 1 is 1.00 bits per heavy atom. The Kier molecular flexibility index (Phi) is 5.72. The van der Waals surface area contributed by atoms with E-state index in [0.717, 1.165) is 43.6 Å². The molecule has 7 nitrogen and oxygen atoms in total. The van der Waals surface area contributed by atoms with Gasteiger partial charge < -0.3 is 10.0 Å². The van der Waals surface area contributed by atoms with Crippen LogP contribution in [-0.2, 0) is 17.8 Å². The van der Waals surface area contributed by atoms with Crippen LogP contribution in [0.2, 0.25) is 0 Å². The number of pyridine rings is 1. The van der Waals surface area contributed by atoms with E-state index in [-0.39, 0.29) is 17.7 Å². The number of aryl methyl sites for hydroxylation is 1. The summed E-state index contributed by atoms with van der Waals surface area (Å²) in [6.45, 7) is 2.74. The SMILES string of the molecule is CN1C(=O)N(CCCc2ccncc2)C(=O)C12CCN(Cc1ccc(O)cc1)CC2. The van der Waals surface area contributed by atoms with Gasteiger partial charge in [0.1, 0.15) is 11.3 Å². The lowest BCUT2D eigenvalue weighted by Crippen LogP contribution is -2.55. The predicted octanol–water partition coefficient (Wildman–Crippen LogP) is 2.65. The number of aromatic nitrogens is 1. The molecule has 2 aliphatic heterocycles. The second kappa shape index (κ2) is 8.44. The van der Waals surface area contributed by atoms with E-state index in [9.17, 15) is 14.7 Å². The summed E-state index contributed by atoms with van der Waals surface area (Å²) in [7, 11) is 1.76. The Balaban J connectivity index is 1.35. The van der Waals surface area contributed by atoms with Crippen LogP contribution in [0.15, 0.2) is 48.8 Å². The third-order valence-electron chi connectivity index (χ3n) is 6.43. The van der Waals surface area contributed by atoms with Crippen molar-refractivity contribution >= 4 is 11.9 Å². The molecular weight excluding hydrogens is 380 g/mol. The highest BCUT2D eigenvalue weighted by Gasteiger charge is 2.56. The van der Waals surface area contributed by atoms with Gasteiger partial charge >= 0.3 is 6.03 Å². The number of amides is 3. The number of hydrogen-bond acceptors (Lipinski definition) is 5. The molecule has 2 saturated heterocycles. The van der Waals surface area contributed by atoms with Gasteiger partial charge in [0, 0.05) is 45.6 Å². The number of likely N-dealkylation sites (tertiary alicyclic amines) is 1. The van der Waals surface area contributed by atoms with Crippen LogP contribution in [-0.4, -0.2) is 68.9 Å². The summed E-state index contributed by atoms with van der Waals surface area (Å²) in [5.41, 5.74) is 1.58. The first kappa shape index (κ1) is 20.3. The summed E-state index contributed by atoms with van der Waals surface area (Å²) in [6, 6.07) is 11.0. The van der Waals surface area contributed by atoms with Gasteiger partial charge in [0.2, 0.25) is 0 Å². The first-order valence-electron chi connectivity index (χ1n) is 10.5. The molecule has 0 unspecified atom stereocenters. The molecule has 4 rings (SSSR count). The van der Waals surface area contributed by atoms with Gasteiger partial charge in [-0.1, -0.05) is 12.1 Å². The topological polar surface area (TPSA) is 77.0 Å². The van der Waals surface area contributed by atoms with E-state index in [1.54, 1.807) is 36.5 Å². The minimum absolute atomic E-state index is 0.0472. The first-order chi connectivity index (χ1) is 14.5. The molecule has 0 aliphatic carbocycles. The van der Waals surface area contributed by atoms with E-state index < -0.39 is 5.54 Å². The van der Waals surface area contributed by atoms with Crippen LogP contribution in [0.1, 0.15) is 30.4 Å². The Bertz CT molecular complexity index is 892. The van der Waals surface area contributed by atoms with Crippen LogP contribution in [0.4, 0.5) is 4.79 Å². The number of urea groups is 1. The van der Waals surface area contributed by atoms with E-state index >= 15 is 0 Å². The monoisotopic (exact) mass is 408 g/mol. The summed E-state index contributed by atoms with van der Waals surface area (Å²) in [5, 5.41) is 9.44. The zero-order chi connectivity index (χ0) is 21.1. The number of phenolic OH excluding ortho intramolecular Hbond substituents is 1. The maximum absolute atomic E-state index is 13.3. The average Bonchev–Trinajstić information content (AvgIpc) is 2.94. The zero-order valence-electron chi connectivity index (χ0n) is 17.3. The van der Waals surface area contributed by atoms with Crippen molar-refractivity contribution in [2.24, 2.45) is 0 Å². The number of carbonyl (C=O) groups excluding carboxylic acids is 2. The third kappa shape index (κ3) is 3.89. The number of likely N-dealkylation sites (N-methyl/N-ethyl adjacent to an activating group) is 1. The molecule has 0 radical (unpaired) electrons. The van der Waals surface area contributed by atoms with Crippen molar-refractivity contribution in [3.63, 3.8) is 0 Å². The fourth-order valence-corrected chi connectivity index (χ4v) is 4.52. The predicted molar refractivity (Wildman–Crippen MR) is 113 cm³/mol. The number of phenols is 1. The molecule has 1 spiro atoms. The molecule has 30 heavy (non-hydrogen) atoms. The summed E-state index contributed by atoms with van der Waals surface area (Å²) < 4.78 is 0. The van der Waals surface area contributed by atoms with Gasteiger partial charge in [0.15, 0.2) is 0 Å². The number of carbonyl (C=O) groups is 2. The molecule has 7 heteroatoms. The standard InChI is InChI=1S/C23H28N4O3/c1-25-22(30)27(14-2-3-18-8-12-24-13-9-18)21(29)23(25)10-15-26(16-11-23)17-19-4-6-20(28)7-5-19/h4-9,12-13,28H,2-3,10-11,14-17H2,1H3. The number of hydrogen-bond donors (Lipinski definition) is 1. The molecule has 1 N–H and O–H groups in total. The third-order valence-corrected chi connectivity index (χ3v) is 6.43. The van der Waals surface area contributed by atoms with Crippen LogP contribution < -0.4 is 0 Å². The molecule has 1 aromatic heterocycles. The van der Waals surface area contributed by atoms with Crippen molar-refractivity contribution in [3.05, 3.63) is 59.9 Å². The molecule has 0 atom stereocenters. The fraction of sp³-hybridized carbons (Fsp3) is 0.435. The molecule has 1 aromatic carbocycles. The van der Waals surface area contributed by atoms with Crippen LogP contribution in [0.25, 0.3) is 0 Å². The summed E-state index contributed by atoms with van der Waals surface area (Å²) in [5.74, 6) is 0.214. The lowest BCUT2D eigenvalue weighted by Gasteiger charge is -2.40. The molecule has 0 saturated carbocycles. The molecule has 3 amide bonds. The highest BCUT2D eigenvalue weighted by molar-refractivity contribution is 6.07. The van der Waals surface area contributed by atoms with Gasteiger partial charge in [-0.05, 0) is 61.1 Å². The lowest BCUT2D eigenvalue weighted by atomic mass is 9.86. The Morgan fingerprint density at radius 2 is 1.67 bits per heavy atom. The van der Waals surface area contributed by atoms with E-state index in [1.807, 2.05) is 24.3 Å². The smallest absolute Gasteiger partial charge is 0.327 e. The summed E-state index contributed by atoms with van der Waals surface area (Å²) in [6.07, 6.45) is 6.38. The second-order valence-electron chi connectivity index (χ2n) is 8.23. The number of rotatable bonds is 6. The quantitative estimate of drug-likeness (QED) is 0.744.